The molecular formula is C13H7BrCl2FNO. The summed E-state index contributed by atoms with van der Waals surface area (Å²) >= 11 is 14.8. The molecule has 0 aliphatic heterocycles. The first-order valence-corrected chi connectivity index (χ1v) is 6.74. The second-order valence-corrected chi connectivity index (χ2v) is 5.46. The van der Waals surface area contributed by atoms with Gasteiger partial charge in [-0.05, 0) is 36.4 Å². The standard InChI is InChI=1S/C13H7BrCl2FNO/c14-7-1-3-9(11(17)5-7)13(19)18-12-6-8(15)2-4-10(12)16/h1-6H,(H,18,19). The lowest BCUT2D eigenvalue weighted by molar-refractivity contribution is 0.102. The molecule has 19 heavy (non-hydrogen) atoms. The Kier molecular flexibility index (Phi) is 4.45. The molecule has 98 valence electrons. The Labute approximate surface area is 127 Å². The minimum absolute atomic E-state index is 0.0701. The van der Waals surface area contributed by atoms with Gasteiger partial charge in [0.2, 0.25) is 0 Å². The van der Waals surface area contributed by atoms with Crippen LogP contribution in [0, 0.1) is 5.82 Å². The number of anilines is 1. The second kappa shape index (κ2) is 5.90. The molecule has 2 rings (SSSR count). The predicted octanol–water partition coefficient (Wildman–Crippen LogP) is 5.15. The van der Waals surface area contributed by atoms with Crippen molar-refractivity contribution in [2.45, 2.75) is 0 Å². The van der Waals surface area contributed by atoms with Gasteiger partial charge in [0.05, 0.1) is 16.3 Å². The molecule has 1 amide bonds. The monoisotopic (exact) mass is 361 g/mol. The Bertz CT molecular complexity index is 649. The molecule has 0 aromatic heterocycles. The van der Waals surface area contributed by atoms with Crippen LogP contribution < -0.4 is 5.32 Å². The van der Waals surface area contributed by atoms with Crippen LogP contribution in [-0.2, 0) is 0 Å². The Hall–Kier alpha value is -1.10. The Morgan fingerprint density at radius 3 is 2.58 bits per heavy atom. The highest BCUT2D eigenvalue weighted by molar-refractivity contribution is 9.10. The van der Waals surface area contributed by atoms with Crippen molar-refractivity contribution in [1.29, 1.82) is 0 Å². The fourth-order valence-electron chi connectivity index (χ4n) is 1.46. The van der Waals surface area contributed by atoms with E-state index in [1.165, 1.54) is 18.2 Å². The van der Waals surface area contributed by atoms with Crippen molar-refractivity contribution in [2.24, 2.45) is 0 Å². The topological polar surface area (TPSA) is 29.1 Å². The second-order valence-electron chi connectivity index (χ2n) is 3.70. The molecule has 0 spiro atoms. The van der Waals surface area contributed by atoms with E-state index in [0.717, 1.165) is 0 Å². The molecule has 0 aliphatic carbocycles. The highest BCUT2D eigenvalue weighted by Crippen LogP contribution is 2.26. The van der Waals surface area contributed by atoms with E-state index in [-0.39, 0.29) is 5.56 Å². The molecule has 0 bridgehead atoms. The van der Waals surface area contributed by atoms with Crippen molar-refractivity contribution in [3.63, 3.8) is 0 Å². The molecule has 2 aromatic rings. The zero-order valence-electron chi connectivity index (χ0n) is 9.38. The number of hydrogen-bond acceptors (Lipinski definition) is 1. The van der Waals surface area contributed by atoms with Crippen LogP contribution >= 0.6 is 39.1 Å². The number of halogens is 4. The fourth-order valence-corrected chi connectivity index (χ4v) is 2.13. The van der Waals surface area contributed by atoms with Gasteiger partial charge in [-0.1, -0.05) is 39.1 Å². The average molecular weight is 363 g/mol. The van der Waals surface area contributed by atoms with Gasteiger partial charge in [-0.25, -0.2) is 4.39 Å². The van der Waals surface area contributed by atoms with Crippen LogP contribution in [0.1, 0.15) is 10.4 Å². The van der Waals surface area contributed by atoms with Gasteiger partial charge in [0.25, 0.3) is 5.91 Å². The molecule has 0 saturated carbocycles. The van der Waals surface area contributed by atoms with E-state index >= 15 is 0 Å². The van der Waals surface area contributed by atoms with E-state index in [4.69, 9.17) is 23.2 Å². The third-order valence-electron chi connectivity index (χ3n) is 2.35. The van der Waals surface area contributed by atoms with Crippen LogP contribution in [-0.4, -0.2) is 5.91 Å². The first-order chi connectivity index (χ1) is 8.97. The summed E-state index contributed by atoms with van der Waals surface area (Å²) in [6.07, 6.45) is 0. The van der Waals surface area contributed by atoms with E-state index < -0.39 is 11.7 Å². The lowest BCUT2D eigenvalue weighted by atomic mass is 10.2. The minimum atomic E-state index is -0.620. The van der Waals surface area contributed by atoms with E-state index in [2.05, 4.69) is 21.2 Å². The lowest BCUT2D eigenvalue weighted by Gasteiger charge is -2.08. The van der Waals surface area contributed by atoms with Crippen LogP contribution in [0.25, 0.3) is 0 Å². The number of benzene rings is 2. The summed E-state index contributed by atoms with van der Waals surface area (Å²) in [5, 5.41) is 3.27. The first-order valence-electron chi connectivity index (χ1n) is 5.19. The maximum absolute atomic E-state index is 13.6. The number of amides is 1. The Morgan fingerprint density at radius 2 is 1.89 bits per heavy atom. The van der Waals surface area contributed by atoms with Gasteiger partial charge in [-0.3, -0.25) is 4.79 Å². The van der Waals surface area contributed by atoms with E-state index in [0.29, 0.717) is 20.2 Å². The normalized spacial score (nSPS) is 10.3. The third-order valence-corrected chi connectivity index (χ3v) is 3.41. The molecule has 0 saturated heterocycles. The third kappa shape index (κ3) is 3.47. The number of carbonyl (C=O) groups is 1. The van der Waals surface area contributed by atoms with Crippen molar-refractivity contribution in [3.05, 3.63) is 62.3 Å². The van der Waals surface area contributed by atoms with Crippen molar-refractivity contribution >= 4 is 50.7 Å². The minimum Gasteiger partial charge on any atom is -0.320 e. The maximum Gasteiger partial charge on any atom is 0.258 e. The summed E-state index contributed by atoms with van der Waals surface area (Å²) in [5.74, 6) is -1.21. The highest BCUT2D eigenvalue weighted by Gasteiger charge is 2.13. The van der Waals surface area contributed by atoms with Crippen molar-refractivity contribution in [1.82, 2.24) is 0 Å². The van der Waals surface area contributed by atoms with Crippen LogP contribution in [0.4, 0.5) is 10.1 Å². The molecule has 2 nitrogen and oxygen atoms in total. The van der Waals surface area contributed by atoms with Gasteiger partial charge in [0.15, 0.2) is 0 Å². The molecule has 0 atom stereocenters. The van der Waals surface area contributed by atoms with Crippen molar-refractivity contribution in [3.8, 4) is 0 Å². The SMILES string of the molecule is O=C(Nc1cc(Cl)ccc1Cl)c1ccc(Br)cc1F. The van der Waals surface area contributed by atoms with Crippen molar-refractivity contribution in [2.75, 3.05) is 5.32 Å². The zero-order valence-corrected chi connectivity index (χ0v) is 12.5. The van der Waals surface area contributed by atoms with Crippen LogP contribution in [0.2, 0.25) is 10.0 Å². The summed E-state index contributed by atoms with van der Waals surface area (Å²) in [7, 11) is 0. The molecule has 0 aliphatic rings. The number of nitrogens with one attached hydrogen (secondary N) is 1. The maximum atomic E-state index is 13.6. The molecule has 0 fully saturated rings. The molecule has 2 aromatic carbocycles. The Balaban J connectivity index is 2.28. The van der Waals surface area contributed by atoms with Crippen LogP contribution in [0.3, 0.4) is 0 Å². The zero-order chi connectivity index (χ0) is 14.0. The van der Waals surface area contributed by atoms with E-state index in [1.807, 2.05) is 0 Å². The van der Waals surface area contributed by atoms with Gasteiger partial charge in [-0.2, -0.15) is 0 Å². The average Bonchev–Trinajstić information content (AvgIpc) is 2.33. The van der Waals surface area contributed by atoms with Crippen LogP contribution in [0.15, 0.2) is 40.9 Å². The van der Waals surface area contributed by atoms with Gasteiger partial charge in [-0.15, -0.1) is 0 Å². The summed E-state index contributed by atoms with van der Waals surface area (Å²) in [6, 6.07) is 8.83. The summed E-state index contributed by atoms with van der Waals surface area (Å²) in [6.45, 7) is 0. The highest BCUT2D eigenvalue weighted by atomic mass is 79.9. The lowest BCUT2D eigenvalue weighted by Crippen LogP contribution is -2.14. The quantitative estimate of drug-likeness (QED) is 0.786. The number of hydrogen-bond donors (Lipinski definition) is 1. The molecule has 1 N–H and O–H groups in total. The van der Waals surface area contributed by atoms with Gasteiger partial charge >= 0.3 is 0 Å². The predicted molar refractivity (Wildman–Crippen MR) is 78.5 cm³/mol. The molecule has 0 radical (unpaired) electrons. The van der Waals surface area contributed by atoms with Crippen molar-refractivity contribution < 1.29 is 9.18 Å². The van der Waals surface area contributed by atoms with Gasteiger partial charge in [0, 0.05) is 9.50 Å². The molecule has 0 unspecified atom stereocenters. The smallest absolute Gasteiger partial charge is 0.258 e. The molecule has 6 heteroatoms. The summed E-state index contributed by atoms with van der Waals surface area (Å²) < 4.78 is 14.2. The Morgan fingerprint density at radius 1 is 1.16 bits per heavy atom. The summed E-state index contributed by atoms with van der Waals surface area (Å²) in [4.78, 5) is 11.9. The molecule has 0 heterocycles. The fraction of sp³-hybridized carbons (Fsp3) is 0. The number of rotatable bonds is 2. The number of carbonyl (C=O) groups excluding carboxylic acids is 1. The van der Waals surface area contributed by atoms with Gasteiger partial charge in [0.1, 0.15) is 5.82 Å². The van der Waals surface area contributed by atoms with E-state index in [9.17, 15) is 9.18 Å². The molecular weight excluding hydrogens is 356 g/mol. The van der Waals surface area contributed by atoms with Crippen LogP contribution in [0.5, 0.6) is 0 Å². The van der Waals surface area contributed by atoms with E-state index in [1.54, 1.807) is 18.2 Å². The largest absolute Gasteiger partial charge is 0.320 e. The first kappa shape index (κ1) is 14.3. The summed E-state index contributed by atoms with van der Waals surface area (Å²) in [5.41, 5.74) is 0.265. The van der Waals surface area contributed by atoms with Gasteiger partial charge < -0.3 is 5.32 Å².